The Morgan fingerprint density at radius 1 is 0.538 bits per heavy atom. The summed E-state index contributed by atoms with van der Waals surface area (Å²) in [6.45, 7) is 0.142. The molecule has 0 aromatic carbocycles. The molecule has 0 fully saturated rings. The molecule has 0 saturated carbocycles. The second-order valence-electron chi connectivity index (χ2n) is 8.45. The Kier molecular flexibility index (Phi) is 13.9. The molecule has 2 aliphatic carbocycles. The van der Waals surface area contributed by atoms with E-state index in [1.807, 2.05) is 0 Å². The Morgan fingerprint density at radius 2 is 0.897 bits per heavy atom. The van der Waals surface area contributed by atoms with E-state index in [2.05, 4.69) is 0 Å². The van der Waals surface area contributed by atoms with Crippen molar-refractivity contribution in [3.8, 4) is 0 Å². The SMILES string of the molecule is COCOC1=CC(OC)=C(OCOC)CC1(COCC1(OC)CC(OCOC)=C(OC)C=C1OCOC)OC. The molecule has 2 atom stereocenters. The summed E-state index contributed by atoms with van der Waals surface area (Å²) in [4.78, 5) is 0. The number of ether oxygens (including phenoxy) is 13. The highest BCUT2D eigenvalue weighted by atomic mass is 16.7. The van der Waals surface area contributed by atoms with Gasteiger partial charge in [-0.15, -0.1) is 0 Å². The first-order valence-corrected chi connectivity index (χ1v) is 12.1. The van der Waals surface area contributed by atoms with Crippen LogP contribution in [-0.4, -0.2) is 108 Å². The van der Waals surface area contributed by atoms with Gasteiger partial charge in [0, 0.05) is 67.7 Å². The molecule has 2 rings (SSSR count). The molecule has 0 amide bonds. The molecule has 0 saturated heterocycles. The van der Waals surface area contributed by atoms with Gasteiger partial charge in [-0.05, 0) is 0 Å². The van der Waals surface area contributed by atoms with Crippen molar-refractivity contribution in [2.45, 2.75) is 24.0 Å². The third-order valence-corrected chi connectivity index (χ3v) is 6.12. The summed E-state index contributed by atoms with van der Waals surface area (Å²) >= 11 is 0. The molecule has 2 unspecified atom stereocenters. The van der Waals surface area contributed by atoms with Crippen LogP contribution in [0.5, 0.6) is 0 Å². The normalized spacial score (nSPS) is 23.3. The van der Waals surface area contributed by atoms with Crippen LogP contribution in [0.25, 0.3) is 0 Å². The summed E-state index contributed by atoms with van der Waals surface area (Å²) in [5, 5.41) is 0. The standard InChI is InChI=1S/C26H42O13/c1-27-15-36-21-11-25(33-7,23(38-17-29-3)9-19(21)31-5)13-35-14-26(34-8)12-22(37-16-28-2)20(32-6)10-24(26)39-18-30-4/h9-10H,11-18H2,1-8H3. The van der Waals surface area contributed by atoms with Gasteiger partial charge >= 0.3 is 0 Å². The van der Waals surface area contributed by atoms with E-state index in [1.54, 1.807) is 26.4 Å². The van der Waals surface area contributed by atoms with E-state index in [1.165, 1.54) is 42.7 Å². The Balaban J connectivity index is 2.34. The highest BCUT2D eigenvalue weighted by molar-refractivity contribution is 5.34. The van der Waals surface area contributed by atoms with Gasteiger partial charge in [0.2, 0.25) is 0 Å². The monoisotopic (exact) mass is 562 g/mol. The van der Waals surface area contributed by atoms with Gasteiger partial charge in [0.05, 0.1) is 27.4 Å². The van der Waals surface area contributed by atoms with Crippen LogP contribution in [0.4, 0.5) is 0 Å². The summed E-state index contributed by atoms with van der Waals surface area (Å²) in [6.07, 6.45) is 3.85. The fraction of sp³-hybridized carbons (Fsp3) is 0.692. The van der Waals surface area contributed by atoms with Crippen molar-refractivity contribution >= 4 is 0 Å². The zero-order valence-corrected chi connectivity index (χ0v) is 24.1. The molecule has 0 heterocycles. The van der Waals surface area contributed by atoms with Crippen molar-refractivity contribution in [3.05, 3.63) is 46.7 Å². The van der Waals surface area contributed by atoms with Crippen molar-refractivity contribution < 1.29 is 61.6 Å². The van der Waals surface area contributed by atoms with E-state index in [0.29, 0.717) is 34.6 Å². The highest BCUT2D eigenvalue weighted by Crippen LogP contribution is 2.40. The van der Waals surface area contributed by atoms with Gasteiger partial charge in [-0.25, -0.2) is 0 Å². The average molecular weight is 563 g/mol. The molecule has 13 nitrogen and oxygen atoms in total. The van der Waals surface area contributed by atoms with E-state index in [4.69, 9.17) is 61.6 Å². The van der Waals surface area contributed by atoms with E-state index >= 15 is 0 Å². The lowest BCUT2D eigenvalue weighted by Crippen LogP contribution is -2.47. The summed E-state index contributed by atoms with van der Waals surface area (Å²) < 4.78 is 73.0. The van der Waals surface area contributed by atoms with Crippen molar-refractivity contribution in [3.63, 3.8) is 0 Å². The number of hydrogen-bond acceptors (Lipinski definition) is 13. The summed E-state index contributed by atoms with van der Waals surface area (Å²) in [7, 11) is 12.3. The number of methoxy groups -OCH3 is 8. The minimum atomic E-state index is -1.08. The second kappa shape index (κ2) is 16.6. The second-order valence-corrected chi connectivity index (χ2v) is 8.45. The maximum Gasteiger partial charge on any atom is 0.188 e. The molecule has 2 aliphatic rings. The number of hydrogen-bond donors (Lipinski definition) is 0. The molecule has 0 aromatic rings. The fourth-order valence-electron chi connectivity index (χ4n) is 4.06. The number of allylic oxidation sites excluding steroid dienone is 2. The smallest absolute Gasteiger partial charge is 0.188 e. The molecule has 13 heteroatoms. The Hall–Kier alpha value is -2.52. The third-order valence-electron chi connectivity index (χ3n) is 6.12. The summed E-state index contributed by atoms with van der Waals surface area (Å²) in [5.74, 6) is 2.87. The first-order chi connectivity index (χ1) is 18.9. The molecular weight excluding hydrogens is 520 g/mol. The van der Waals surface area contributed by atoms with Gasteiger partial charge in [-0.1, -0.05) is 0 Å². The van der Waals surface area contributed by atoms with Crippen LogP contribution in [0.2, 0.25) is 0 Å². The summed E-state index contributed by atoms with van der Waals surface area (Å²) in [6, 6.07) is 0. The topological polar surface area (TPSA) is 120 Å². The van der Waals surface area contributed by atoms with Crippen molar-refractivity contribution in [2.24, 2.45) is 0 Å². The predicted molar refractivity (Wildman–Crippen MR) is 136 cm³/mol. The molecule has 0 aliphatic heterocycles. The molecule has 0 spiro atoms. The first kappa shape index (κ1) is 32.7. The maximum absolute atomic E-state index is 6.29. The van der Waals surface area contributed by atoms with Gasteiger partial charge in [0.15, 0.2) is 49.9 Å². The lowest BCUT2D eigenvalue weighted by molar-refractivity contribution is -0.148. The largest absolute Gasteiger partial charge is 0.493 e. The van der Waals surface area contributed by atoms with Crippen LogP contribution >= 0.6 is 0 Å². The molecule has 0 aromatic heterocycles. The third kappa shape index (κ3) is 8.24. The van der Waals surface area contributed by atoms with Crippen molar-refractivity contribution in [2.75, 3.05) is 97.3 Å². The molecular formula is C26H42O13. The van der Waals surface area contributed by atoms with Crippen molar-refractivity contribution in [1.82, 2.24) is 0 Å². The van der Waals surface area contributed by atoms with Crippen LogP contribution in [0.3, 0.4) is 0 Å². The lowest BCUT2D eigenvalue weighted by atomic mass is 9.89. The minimum absolute atomic E-state index is 0.00720. The van der Waals surface area contributed by atoms with Crippen LogP contribution in [0.15, 0.2) is 46.7 Å². The quantitative estimate of drug-likeness (QED) is 0.202. The highest BCUT2D eigenvalue weighted by Gasteiger charge is 2.46. The Bertz CT molecular complexity index is 811. The minimum Gasteiger partial charge on any atom is -0.493 e. The molecule has 0 radical (unpaired) electrons. The summed E-state index contributed by atoms with van der Waals surface area (Å²) in [5.41, 5.74) is -2.15. The van der Waals surface area contributed by atoms with Gasteiger partial charge in [0.25, 0.3) is 0 Å². The number of rotatable bonds is 20. The van der Waals surface area contributed by atoms with E-state index in [0.717, 1.165) is 0 Å². The van der Waals surface area contributed by atoms with Gasteiger partial charge in [-0.3, -0.25) is 0 Å². The van der Waals surface area contributed by atoms with Crippen LogP contribution in [-0.2, 0) is 61.6 Å². The van der Waals surface area contributed by atoms with E-state index in [9.17, 15) is 0 Å². The molecule has 0 bridgehead atoms. The zero-order valence-electron chi connectivity index (χ0n) is 24.1. The predicted octanol–water partition coefficient (Wildman–Crippen LogP) is 2.55. The molecule has 224 valence electrons. The molecule has 39 heavy (non-hydrogen) atoms. The van der Waals surface area contributed by atoms with Crippen molar-refractivity contribution in [1.29, 1.82) is 0 Å². The fourth-order valence-corrected chi connectivity index (χ4v) is 4.06. The first-order valence-electron chi connectivity index (χ1n) is 12.1. The van der Waals surface area contributed by atoms with Crippen LogP contribution in [0, 0.1) is 0 Å². The van der Waals surface area contributed by atoms with Crippen LogP contribution in [0.1, 0.15) is 12.8 Å². The van der Waals surface area contributed by atoms with Gasteiger partial charge < -0.3 is 61.6 Å². The Labute approximate surface area is 230 Å². The Morgan fingerprint density at radius 3 is 1.21 bits per heavy atom. The van der Waals surface area contributed by atoms with Gasteiger partial charge in [-0.2, -0.15) is 0 Å². The average Bonchev–Trinajstić information content (AvgIpc) is 2.97. The van der Waals surface area contributed by atoms with Crippen LogP contribution < -0.4 is 0 Å². The zero-order chi connectivity index (χ0) is 28.7. The van der Waals surface area contributed by atoms with Gasteiger partial charge in [0.1, 0.15) is 23.0 Å². The van der Waals surface area contributed by atoms with E-state index < -0.39 is 11.2 Å². The molecule has 0 N–H and O–H groups in total. The maximum atomic E-state index is 6.29. The lowest BCUT2D eigenvalue weighted by Gasteiger charge is -2.40. The van der Waals surface area contributed by atoms with E-state index in [-0.39, 0.29) is 53.2 Å².